The first kappa shape index (κ1) is 20.9. The Morgan fingerprint density at radius 3 is 2.41 bits per heavy atom. The van der Waals surface area contributed by atoms with E-state index in [9.17, 15) is 14.4 Å². The molecule has 0 aliphatic carbocycles. The van der Waals surface area contributed by atoms with Crippen molar-refractivity contribution in [3.8, 4) is 0 Å². The van der Waals surface area contributed by atoms with Crippen molar-refractivity contribution in [2.24, 2.45) is 4.99 Å². The smallest absolute Gasteiger partial charge is 0.335 e. The summed E-state index contributed by atoms with van der Waals surface area (Å²) in [6.45, 7) is 2.30. The van der Waals surface area contributed by atoms with Crippen molar-refractivity contribution in [2.75, 3.05) is 11.9 Å². The van der Waals surface area contributed by atoms with E-state index in [2.05, 4.69) is 10.3 Å². The lowest BCUT2D eigenvalue weighted by molar-refractivity contribution is -0.128. The fourth-order valence-electron chi connectivity index (χ4n) is 2.72. The molecule has 0 unspecified atom stereocenters. The number of thioether (sulfide) groups is 1. The second-order valence-corrected chi connectivity index (χ2v) is 7.80. The molecule has 1 atom stereocenters. The van der Waals surface area contributed by atoms with Gasteiger partial charge in [-0.3, -0.25) is 14.5 Å². The van der Waals surface area contributed by atoms with Gasteiger partial charge >= 0.3 is 5.97 Å². The second-order valence-electron chi connectivity index (χ2n) is 6.19. The standard InChI is InChI=1S/C20H18ClN3O4S/c1-2-24-18(26)16(29-20(24)23-15-9-5-13(21)6-10-15)11-17(25)22-14-7-3-12(4-8-14)19(27)28/h3-10,16H,2,11H2,1H3,(H,22,25)(H,27,28)/t16-/m1/s1. The molecular weight excluding hydrogens is 414 g/mol. The van der Waals surface area contributed by atoms with E-state index in [4.69, 9.17) is 16.7 Å². The van der Waals surface area contributed by atoms with Crippen LogP contribution in [0.25, 0.3) is 0 Å². The molecule has 1 aliphatic heterocycles. The second kappa shape index (κ2) is 9.11. The number of nitrogens with zero attached hydrogens (tertiary/aromatic N) is 2. The van der Waals surface area contributed by atoms with E-state index < -0.39 is 11.2 Å². The third kappa shape index (κ3) is 5.16. The highest BCUT2D eigenvalue weighted by atomic mass is 35.5. The fraction of sp³-hybridized carbons (Fsp3) is 0.200. The number of nitrogens with one attached hydrogen (secondary N) is 1. The number of carboxylic acids is 1. The van der Waals surface area contributed by atoms with Gasteiger partial charge in [-0.25, -0.2) is 9.79 Å². The minimum absolute atomic E-state index is 0.0136. The molecule has 2 aromatic carbocycles. The molecule has 2 N–H and O–H groups in total. The van der Waals surface area contributed by atoms with Crippen LogP contribution in [-0.4, -0.2) is 44.8 Å². The first-order valence-corrected chi connectivity index (χ1v) is 10.1. The zero-order chi connectivity index (χ0) is 21.0. The van der Waals surface area contributed by atoms with Crippen molar-refractivity contribution in [3.05, 3.63) is 59.1 Å². The molecule has 0 radical (unpaired) electrons. The van der Waals surface area contributed by atoms with Gasteiger partial charge in [0.2, 0.25) is 11.8 Å². The molecule has 2 aromatic rings. The van der Waals surface area contributed by atoms with Crippen LogP contribution >= 0.6 is 23.4 Å². The number of carbonyl (C=O) groups is 3. The molecule has 3 rings (SSSR count). The van der Waals surface area contributed by atoms with E-state index in [0.717, 1.165) is 0 Å². The molecule has 0 aromatic heterocycles. The summed E-state index contributed by atoms with van der Waals surface area (Å²) < 4.78 is 0. The highest BCUT2D eigenvalue weighted by Gasteiger charge is 2.38. The van der Waals surface area contributed by atoms with Crippen LogP contribution in [-0.2, 0) is 9.59 Å². The van der Waals surface area contributed by atoms with Crippen molar-refractivity contribution in [3.63, 3.8) is 0 Å². The van der Waals surface area contributed by atoms with Gasteiger partial charge in [0.15, 0.2) is 5.17 Å². The predicted octanol–water partition coefficient (Wildman–Crippen LogP) is 4.02. The van der Waals surface area contributed by atoms with Crippen LogP contribution < -0.4 is 5.32 Å². The Kier molecular flexibility index (Phi) is 6.56. The lowest BCUT2D eigenvalue weighted by Crippen LogP contribution is -2.33. The molecule has 0 saturated carbocycles. The minimum atomic E-state index is -1.04. The average molecular weight is 432 g/mol. The summed E-state index contributed by atoms with van der Waals surface area (Å²) in [5, 5.41) is 12.2. The molecular formula is C20H18ClN3O4S. The van der Waals surface area contributed by atoms with Crippen molar-refractivity contribution >= 4 is 57.7 Å². The number of aromatic carboxylic acids is 1. The maximum Gasteiger partial charge on any atom is 0.335 e. The van der Waals surface area contributed by atoms with E-state index in [1.54, 1.807) is 29.2 Å². The van der Waals surface area contributed by atoms with E-state index in [0.29, 0.717) is 28.1 Å². The number of aliphatic imine (C=N–C) groups is 1. The van der Waals surface area contributed by atoms with Gasteiger partial charge in [0.1, 0.15) is 5.25 Å². The lowest BCUT2D eigenvalue weighted by atomic mass is 10.2. The molecule has 1 saturated heterocycles. The quantitative estimate of drug-likeness (QED) is 0.719. The van der Waals surface area contributed by atoms with Gasteiger partial charge in [-0.15, -0.1) is 0 Å². The maximum absolute atomic E-state index is 12.7. The zero-order valence-corrected chi connectivity index (χ0v) is 17.0. The van der Waals surface area contributed by atoms with E-state index in [1.807, 2.05) is 6.92 Å². The van der Waals surface area contributed by atoms with Crippen LogP contribution in [0.5, 0.6) is 0 Å². The number of carboxylic acid groups (broad SMARTS) is 1. The number of hydrogen-bond donors (Lipinski definition) is 2. The number of amidine groups is 1. The molecule has 29 heavy (non-hydrogen) atoms. The van der Waals surface area contributed by atoms with Crippen LogP contribution in [0.2, 0.25) is 5.02 Å². The first-order valence-electron chi connectivity index (χ1n) is 8.83. The minimum Gasteiger partial charge on any atom is -0.478 e. The van der Waals surface area contributed by atoms with Gasteiger partial charge < -0.3 is 10.4 Å². The van der Waals surface area contributed by atoms with Crippen molar-refractivity contribution in [1.29, 1.82) is 0 Å². The highest BCUT2D eigenvalue weighted by Crippen LogP contribution is 2.32. The summed E-state index contributed by atoms with van der Waals surface area (Å²) in [4.78, 5) is 42.0. The Balaban J connectivity index is 1.67. The van der Waals surface area contributed by atoms with Crippen LogP contribution in [0.3, 0.4) is 0 Å². The van der Waals surface area contributed by atoms with Crippen molar-refractivity contribution in [1.82, 2.24) is 4.90 Å². The topological polar surface area (TPSA) is 99.1 Å². The third-order valence-corrected chi connectivity index (χ3v) is 5.60. The molecule has 0 spiro atoms. The van der Waals surface area contributed by atoms with Gasteiger partial charge in [0.25, 0.3) is 0 Å². The largest absolute Gasteiger partial charge is 0.478 e. The molecule has 0 bridgehead atoms. The number of halogens is 1. The normalized spacial score (nSPS) is 17.6. The van der Waals surface area contributed by atoms with Crippen LogP contribution in [0, 0.1) is 0 Å². The van der Waals surface area contributed by atoms with Crippen molar-refractivity contribution < 1.29 is 19.5 Å². The van der Waals surface area contributed by atoms with Gasteiger partial charge in [0, 0.05) is 23.7 Å². The summed E-state index contributed by atoms with van der Waals surface area (Å²) in [7, 11) is 0. The van der Waals surface area contributed by atoms with Gasteiger partial charge in [0.05, 0.1) is 11.3 Å². The molecule has 1 heterocycles. The molecule has 1 aliphatic rings. The summed E-state index contributed by atoms with van der Waals surface area (Å²) in [6.07, 6.45) is -0.0136. The average Bonchev–Trinajstić information content (AvgIpc) is 2.98. The Labute approximate surface area is 176 Å². The number of anilines is 1. The SMILES string of the molecule is CCN1C(=O)[C@@H](CC(=O)Nc2ccc(C(=O)O)cc2)SC1=Nc1ccc(Cl)cc1. The number of carbonyl (C=O) groups excluding carboxylic acids is 2. The van der Waals surface area contributed by atoms with Gasteiger partial charge in [-0.1, -0.05) is 23.4 Å². The Hall–Kier alpha value is -2.84. The predicted molar refractivity (Wildman–Crippen MR) is 114 cm³/mol. The van der Waals surface area contributed by atoms with E-state index in [1.165, 1.54) is 36.0 Å². The molecule has 9 heteroatoms. The molecule has 1 fully saturated rings. The first-order chi connectivity index (χ1) is 13.9. The fourth-order valence-corrected chi connectivity index (χ4v) is 4.07. The summed E-state index contributed by atoms with van der Waals surface area (Å²) in [6, 6.07) is 12.8. The summed E-state index contributed by atoms with van der Waals surface area (Å²) >= 11 is 7.14. The number of amides is 2. The zero-order valence-electron chi connectivity index (χ0n) is 15.5. The highest BCUT2D eigenvalue weighted by molar-refractivity contribution is 8.15. The number of rotatable bonds is 6. The van der Waals surface area contributed by atoms with E-state index >= 15 is 0 Å². The molecule has 2 amide bonds. The maximum atomic E-state index is 12.7. The van der Waals surface area contributed by atoms with Crippen molar-refractivity contribution in [2.45, 2.75) is 18.6 Å². The van der Waals surface area contributed by atoms with E-state index in [-0.39, 0.29) is 23.8 Å². The Bertz CT molecular complexity index is 961. The van der Waals surface area contributed by atoms with Gasteiger partial charge in [-0.2, -0.15) is 0 Å². The summed E-state index contributed by atoms with van der Waals surface area (Å²) in [5.41, 5.74) is 1.27. The van der Waals surface area contributed by atoms with Crippen LogP contribution in [0.1, 0.15) is 23.7 Å². The van der Waals surface area contributed by atoms with Crippen LogP contribution in [0.4, 0.5) is 11.4 Å². The molecule has 150 valence electrons. The lowest BCUT2D eigenvalue weighted by Gasteiger charge is -2.13. The third-order valence-electron chi connectivity index (χ3n) is 4.17. The monoisotopic (exact) mass is 431 g/mol. The molecule has 7 nitrogen and oxygen atoms in total. The van der Waals surface area contributed by atoms with Crippen LogP contribution in [0.15, 0.2) is 53.5 Å². The summed E-state index contributed by atoms with van der Waals surface area (Å²) in [5.74, 6) is -1.53. The Morgan fingerprint density at radius 2 is 1.83 bits per heavy atom. The Morgan fingerprint density at radius 1 is 1.17 bits per heavy atom. The van der Waals surface area contributed by atoms with Gasteiger partial charge in [-0.05, 0) is 55.5 Å². The number of benzene rings is 2. The number of hydrogen-bond acceptors (Lipinski definition) is 5.